The van der Waals surface area contributed by atoms with E-state index in [0.29, 0.717) is 5.92 Å². The molecule has 92 valence electrons. The lowest BCUT2D eigenvalue weighted by atomic mass is 9.86. The van der Waals surface area contributed by atoms with Crippen molar-refractivity contribution in [2.24, 2.45) is 5.92 Å². The van der Waals surface area contributed by atoms with Crippen LogP contribution in [-0.4, -0.2) is 18.8 Å². The lowest BCUT2D eigenvalue weighted by Gasteiger charge is -2.25. The molecule has 0 unspecified atom stereocenters. The summed E-state index contributed by atoms with van der Waals surface area (Å²) in [4.78, 5) is 0. The van der Waals surface area contributed by atoms with Gasteiger partial charge in [-0.15, -0.1) is 0 Å². The molecule has 0 atom stereocenters. The highest BCUT2D eigenvalue weighted by Crippen LogP contribution is 2.27. The molecule has 17 heavy (non-hydrogen) atoms. The molecule has 0 aromatic heterocycles. The normalized spacial score (nSPS) is 16.8. The molecule has 1 aliphatic heterocycles. The standard InChI is InChI=1S/C13H18IN3/c1-9-3-2-4-11(17-14)12(9)13(15)10-5-7-16-8-6-10/h2-4,10,15-17H,5-8H2,1H3. The van der Waals surface area contributed by atoms with Crippen LogP contribution in [0, 0.1) is 18.3 Å². The predicted octanol–water partition coefficient (Wildman–Crippen LogP) is 3.12. The van der Waals surface area contributed by atoms with Crippen molar-refractivity contribution in [3.63, 3.8) is 0 Å². The molecule has 1 aromatic rings. The summed E-state index contributed by atoms with van der Waals surface area (Å²) in [6.07, 6.45) is 2.15. The van der Waals surface area contributed by atoms with Gasteiger partial charge in [-0.25, -0.2) is 0 Å². The highest BCUT2D eigenvalue weighted by Gasteiger charge is 2.21. The van der Waals surface area contributed by atoms with Crippen LogP contribution in [0.3, 0.4) is 0 Å². The van der Waals surface area contributed by atoms with E-state index in [1.165, 1.54) is 5.56 Å². The number of aryl methyl sites for hydroxylation is 1. The molecule has 0 amide bonds. The molecule has 1 aliphatic rings. The fourth-order valence-electron chi connectivity index (χ4n) is 2.42. The van der Waals surface area contributed by atoms with Crippen molar-refractivity contribution in [2.75, 3.05) is 16.6 Å². The van der Waals surface area contributed by atoms with Crippen molar-refractivity contribution in [1.82, 2.24) is 5.32 Å². The van der Waals surface area contributed by atoms with Crippen LogP contribution in [0.2, 0.25) is 0 Å². The maximum atomic E-state index is 8.44. The quantitative estimate of drug-likeness (QED) is 0.449. The van der Waals surface area contributed by atoms with Crippen LogP contribution in [0.25, 0.3) is 0 Å². The highest BCUT2D eigenvalue weighted by atomic mass is 127. The minimum atomic E-state index is 0.404. The molecule has 3 nitrogen and oxygen atoms in total. The van der Waals surface area contributed by atoms with Crippen molar-refractivity contribution in [2.45, 2.75) is 19.8 Å². The fourth-order valence-corrected chi connectivity index (χ4v) is 2.87. The number of rotatable bonds is 3. The van der Waals surface area contributed by atoms with E-state index in [0.717, 1.165) is 42.9 Å². The summed E-state index contributed by atoms with van der Waals surface area (Å²) in [6.45, 7) is 4.15. The van der Waals surface area contributed by atoms with Crippen LogP contribution in [0.15, 0.2) is 18.2 Å². The largest absolute Gasteiger partial charge is 0.328 e. The summed E-state index contributed by atoms with van der Waals surface area (Å²) in [7, 11) is 0. The number of anilines is 1. The number of nitrogens with one attached hydrogen (secondary N) is 3. The van der Waals surface area contributed by atoms with E-state index < -0.39 is 0 Å². The van der Waals surface area contributed by atoms with Gasteiger partial charge in [0.1, 0.15) is 0 Å². The van der Waals surface area contributed by atoms with E-state index in [-0.39, 0.29) is 0 Å². The van der Waals surface area contributed by atoms with E-state index >= 15 is 0 Å². The van der Waals surface area contributed by atoms with Crippen molar-refractivity contribution in [3.05, 3.63) is 29.3 Å². The molecular formula is C13H18IN3. The Balaban J connectivity index is 2.29. The molecule has 0 aliphatic carbocycles. The van der Waals surface area contributed by atoms with Gasteiger partial charge in [-0.05, 0) is 44.5 Å². The van der Waals surface area contributed by atoms with E-state index in [1.54, 1.807) is 0 Å². The molecule has 3 N–H and O–H groups in total. The highest BCUT2D eigenvalue weighted by molar-refractivity contribution is 14.1. The fraction of sp³-hybridized carbons (Fsp3) is 0.462. The van der Waals surface area contributed by atoms with E-state index in [1.807, 2.05) is 12.1 Å². The Morgan fingerprint density at radius 3 is 2.76 bits per heavy atom. The first-order chi connectivity index (χ1) is 8.24. The average molecular weight is 343 g/mol. The molecule has 0 spiro atoms. The molecule has 1 saturated heterocycles. The van der Waals surface area contributed by atoms with Crippen molar-refractivity contribution in [3.8, 4) is 0 Å². The van der Waals surface area contributed by atoms with Crippen LogP contribution >= 0.6 is 22.9 Å². The van der Waals surface area contributed by atoms with Gasteiger partial charge in [0.2, 0.25) is 0 Å². The maximum Gasteiger partial charge on any atom is 0.0560 e. The smallest absolute Gasteiger partial charge is 0.0560 e. The van der Waals surface area contributed by atoms with Gasteiger partial charge in [-0.1, -0.05) is 12.1 Å². The third-order valence-corrected chi connectivity index (χ3v) is 3.97. The second-order valence-corrected chi connectivity index (χ2v) is 5.07. The zero-order valence-corrected chi connectivity index (χ0v) is 12.2. The van der Waals surface area contributed by atoms with E-state index in [4.69, 9.17) is 5.41 Å². The maximum absolute atomic E-state index is 8.44. The van der Waals surface area contributed by atoms with Crippen LogP contribution in [0.4, 0.5) is 5.69 Å². The summed E-state index contributed by atoms with van der Waals surface area (Å²) in [5.41, 5.74) is 4.14. The lowest BCUT2D eigenvalue weighted by Crippen LogP contribution is -2.32. The first-order valence-corrected chi connectivity index (χ1v) is 7.07. The van der Waals surface area contributed by atoms with Gasteiger partial charge in [0.15, 0.2) is 0 Å². The zero-order valence-electron chi connectivity index (χ0n) is 10.0. The monoisotopic (exact) mass is 343 g/mol. The molecule has 1 fully saturated rings. The zero-order chi connectivity index (χ0) is 12.3. The Bertz CT molecular complexity index is 411. The second kappa shape index (κ2) is 5.82. The summed E-state index contributed by atoms with van der Waals surface area (Å²) >= 11 is 2.14. The first kappa shape index (κ1) is 12.8. The number of hydrogen-bond donors (Lipinski definition) is 3. The third kappa shape index (κ3) is 2.80. The molecule has 0 bridgehead atoms. The lowest BCUT2D eigenvalue weighted by molar-refractivity contribution is 0.456. The van der Waals surface area contributed by atoms with Crippen LogP contribution in [0.1, 0.15) is 24.0 Å². The molecule has 0 radical (unpaired) electrons. The first-order valence-electron chi connectivity index (χ1n) is 6.00. The molecule has 4 heteroatoms. The number of hydrogen-bond acceptors (Lipinski definition) is 3. The number of piperidine rings is 1. The van der Waals surface area contributed by atoms with Gasteiger partial charge in [0.25, 0.3) is 0 Å². The number of benzene rings is 1. The average Bonchev–Trinajstić information content (AvgIpc) is 2.38. The molecule has 2 rings (SSSR count). The SMILES string of the molecule is Cc1cccc(NI)c1C(=N)C1CCNCC1. The summed E-state index contributed by atoms with van der Waals surface area (Å²) in [5.74, 6) is 0.404. The summed E-state index contributed by atoms with van der Waals surface area (Å²) in [5, 5.41) is 11.8. The Kier molecular flexibility index (Phi) is 4.39. The van der Waals surface area contributed by atoms with Crippen molar-refractivity contribution < 1.29 is 0 Å². The molecule has 1 aromatic carbocycles. The van der Waals surface area contributed by atoms with Gasteiger partial charge >= 0.3 is 0 Å². The minimum Gasteiger partial charge on any atom is -0.328 e. The molecule has 1 heterocycles. The van der Waals surface area contributed by atoms with Crippen LogP contribution in [0.5, 0.6) is 0 Å². The van der Waals surface area contributed by atoms with E-state index in [2.05, 4.69) is 44.7 Å². The third-order valence-electron chi connectivity index (χ3n) is 3.39. The van der Waals surface area contributed by atoms with Gasteiger partial charge in [0, 0.05) is 17.2 Å². The minimum absolute atomic E-state index is 0.404. The Hall–Kier alpha value is -0.620. The van der Waals surface area contributed by atoms with Gasteiger partial charge in [0.05, 0.1) is 28.6 Å². The summed E-state index contributed by atoms with van der Waals surface area (Å²) < 4.78 is 3.17. The van der Waals surface area contributed by atoms with Crippen molar-refractivity contribution in [1.29, 1.82) is 5.41 Å². The van der Waals surface area contributed by atoms with Gasteiger partial charge < -0.3 is 14.3 Å². The molecule has 0 saturated carbocycles. The topological polar surface area (TPSA) is 47.9 Å². The van der Waals surface area contributed by atoms with E-state index in [9.17, 15) is 0 Å². The second-order valence-electron chi connectivity index (χ2n) is 4.53. The van der Waals surface area contributed by atoms with Crippen LogP contribution in [-0.2, 0) is 0 Å². The van der Waals surface area contributed by atoms with Crippen LogP contribution < -0.4 is 8.85 Å². The van der Waals surface area contributed by atoms with Gasteiger partial charge in [-0.2, -0.15) is 0 Å². The number of halogens is 1. The summed E-state index contributed by atoms with van der Waals surface area (Å²) in [6, 6.07) is 6.17. The molecular weight excluding hydrogens is 325 g/mol. The Morgan fingerprint density at radius 1 is 1.41 bits per heavy atom. The van der Waals surface area contributed by atoms with Gasteiger partial charge in [-0.3, -0.25) is 0 Å². The van der Waals surface area contributed by atoms with Crippen molar-refractivity contribution >= 4 is 34.3 Å². The Labute approximate surface area is 116 Å². The Morgan fingerprint density at radius 2 is 2.12 bits per heavy atom. The predicted molar refractivity (Wildman–Crippen MR) is 81.2 cm³/mol.